The maximum atomic E-state index is 12.7. The molecule has 0 saturated carbocycles. The van der Waals surface area contributed by atoms with E-state index < -0.39 is 6.67 Å². The lowest BCUT2D eigenvalue weighted by Crippen LogP contribution is -2.26. The SMILES string of the molecule is CC(C)c1nc2c(c(-c3ccc(CF)cc3)n1)CNCC2. The van der Waals surface area contributed by atoms with Gasteiger partial charge in [-0.15, -0.1) is 0 Å². The first-order chi connectivity index (χ1) is 10.2. The van der Waals surface area contributed by atoms with Crippen LogP contribution in [0.1, 0.15) is 42.4 Å². The van der Waals surface area contributed by atoms with E-state index in [4.69, 9.17) is 9.97 Å². The molecule has 3 rings (SSSR count). The molecule has 0 aliphatic carbocycles. The molecule has 3 nitrogen and oxygen atoms in total. The van der Waals surface area contributed by atoms with Crippen molar-refractivity contribution in [1.82, 2.24) is 15.3 Å². The van der Waals surface area contributed by atoms with Crippen molar-refractivity contribution in [3.8, 4) is 11.3 Å². The van der Waals surface area contributed by atoms with Crippen LogP contribution in [0.3, 0.4) is 0 Å². The van der Waals surface area contributed by atoms with E-state index in [0.717, 1.165) is 42.3 Å². The number of alkyl halides is 1. The minimum Gasteiger partial charge on any atom is -0.312 e. The maximum absolute atomic E-state index is 12.7. The summed E-state index contributed by atoms with van der Waals surface area (Å²) < 4.78 is 12.7. The first-order valence-electron chi connectivity index (χ1n) is 7.44. The van der Waals surface area contributed by atoms with Gasteiger partial charge in [0.25, 0.3) is 0 Å². The Morgan fingerprint density at radius 2 is 1.95 bits per heavy atom. The predicted octanol–water partition coefficient (Wildman–Crippen LogP) is 3.38. The van der Waals surface area contributed by atoms with E-state index in [0.29, 0.717) is 11.5 Å². The van der Waals surface area contributed by atoms with Gasteiger partial charge in [0.15, 0.2) is 0 Å². The largest absolute Gasteiger partial charge is 0.312 e. The molecule has 0 bridgehead atoms. The fraction of sp³-hybridized carbons (Fsp3) is 0.412. The number of halogens is 1. The summed E-state index contributed by atoms with van der Waals surface area (Å²) >= 11 is 0. The summed E-state index contributed by atoms with van der Waals surface area (Å²) in [4.78, 5) is 9.49. The highest BCUT2D eigenvalue weighted by Crippen LogP contribution is 2.28. The number of rotatable bonds is 3. The van der Waals surface area contributed by atoms with Gasteiger partial charge in [-0.25, -0.2) is 14.4 Å². The number of nitrogens with one attached hydrogen (secondary N) is 1. The molecule has 0 atom stereocenters. The van der Waals surface area contributed by atoms with Gasteiger partial charge in [-0.2, -0.15) is 0 Å². The number of aromatic nitrogens is 2. The minimum atomic E-state index is -0.430. The third-order valence-corrected chi connectivity index (χ3v) is 3.85. The van der Waals surface area contributed by atoms with Crippen LogP contribution in [0.25, 0.3) is 11.3 Å². The molecule has 1 aliphatic heterocycles. The fourth-order valence-electron chi connectivity index (χ4n) is 2.61. The van der Waals surface area contributed by atoms with Crippen LogP contribution in [-0.2, 0) is 19.6 Å². The van der Waals surface area contributed by atoms with Crippen LogP contribution >= 0.6 is 0 Å². The van der Waals surface area contributed by atoms with Gasteiger partial charge in [-0.05, 0) is 5.56 Å². The van der Waals surface area contributed by atoms with Gasteiger partial charge >= 0.3 is 0 Å². The summed E-state index contributed by atoms with van der Waals surface area (Å²) in [6.07, 6.45) is 0.938. The Morgan fingerprint density at radius 3 is 2.62 bits per heavy atom. The molecular formula is C17H20FN3. The number of benzene rings is 1. The van der Waals surface area contributed by atoms with Gasteiger partial charge in [0.2, 0.25) is 0 Å². The van der Waals surface area contributed by atoms with Crippen molar-refractivity contribution in [3.63, 3.8) is 0 Å². The highest BCUT2D eigenvalue weighted by Gasteiger charge is 2.19. The molecule has 0 fully saturated rings. The molecule has 1 aromatic heterocycles. The van der Waals surface area contributed by atoms with Crippen LogP contribution in [0.15, 0.2) is 24.3 Å². The molecular weight excluding hydrogens is 265 g/mol. The lowest BCUT2D eigenvalue weighted by Gasteiger charge is -2.21. The van der Waals surface area contributed by atoms with Crippen molar-refractivity contribution in [2.24, 2.45) is 0 Å². The van der Waals surface area contributed by atoms with E-state index >= 15 is 0 Å². The van der Waals surface area contributed by atoms with Gasteiger partial charge in [0.05, 0.1) is 11.4 Å². The van der Waals surface area contributed by atoms with Crippen molar-refractivity contribution >= 4 is 0 Å². The van der Waals surface area contributed by atoms with Crippen molar-refractivity contribution in [1.29, 1.82) is 0 Å². The van der Waals surface area contributed by atoms with E-state index in [2.05, 4.69) is 19.2 Å². The zero-order chi connectivity index (χ0) is 14.8. The average Bonchev–Trinajstić information content (AvgIpc) is 2.54. The zero-order valence-electron chi connectivity index (χ0n) is 12.5. The number of hydrogen-bond donors (Lipinski definition) is 1. The summed E-state index contributed by atoms with van der Waals surface area (Å²) in [6.45, 7) is 5.55. The molecule has 1 aliphatic rings. The Labute approximate surface area is 124 Å². The second-order valence-corrected chi connectivity index (χ2v) is 5.77. The van der Waals surface area contributed by atoms with Crippen LogP contribution in [0.2, 0.25) is 0 Å². The molecule has 4 heteroatoms. The molecule has 1 N–H and O–H groups in total. The van der Waals surface area contributed by atoms with Crippen LogP contribution in [0, 0.1) is 0 Å². The maximum Gasteiger partial charge on any atom is 0.131 e. The van der Waals surface area contributed by atoms with Gasteiger partial charge in [0.1, 0.15) is 12.5 Å². The molecule has 0 unspecified atom stereocenters. The van der Waals surface area contributed by atoms with E-state index in [1.165, 1.54) is 5.56 Å². The molecule has 0 spiro atoms. The summed E-state index contributed by atoms with van der Waals surface area (Å²) in [7, 11) is 0. The first kappa shape index (κ1) is 14.1. The van der Waals surface area contributed by atoms with Gasteiger partial charge in [0, 0.05) is 36.6 Å². The molecule has 1 aromatic carbocycles. The van der Waals surface area contributed by atoms with Crippen LogP contribution in [-0.4, -0.2) is 16.5 Å². The smallest absolute Gasteiger partial charge is 0.131 e. The first-order valence-corrected chi connectivity index (χ1v) is 7.44. The van der Waals surface area contributed by atoms with E-state index in [9.17, 15) is 4.39 Å². The topological polar surface area (TPSA) is 37.8 Å². The normalized spacial score (nSPS) is 14.3. The summed E-state index contributed by atoms with van der Waals surface area (Å²) in [5.74, 6) is 1.19. The lowest BCUT2D eigenvalue weighted by atomic mass is 9.99. The Balaban J connectivity index is 2.12. The van der Waals surface area contributed by atoms with Crippen molar-refractivity contribution in [2.75, 3.05) is 6.54 Å². The lowest BCUT2D eigenvalue weighted by molar-refractivity contribution is 0.485. The molecule has 110 valence electrons. The highest BCUT2D eigenvalue weighted by molar-refractivity contribution is 5.64. The Hall–Kier alpha value is -1.81. The second kappa shape index (κ2) is 5.90. The monoisotopic (exact) mass is 285 g/mol. The number of nitrogens with zero attached hydrogens (tertiary/aromatic N) is 2. The molecule has 2 aromatic rings. The standard InChI is InChI=1S/C17H20FN3/c1-11(2)17-20-15-7-8-19-10-14(15)16(21-17)13-5-3-12(9-18)4-6-13/h3-6,11,19H,7-10H2,1-2H3. The van der Waals surface area contributed by atoms with Gasteiger partial charge in [-0.1, -0.05) is 38.1 Å². The van der Waals surface area contributed by atoms with E-state index in [1.54, 1.807) is 0 Å². The van der Waals surface area contributed by atoms with Crippen LogP contribution in [0.4, 0.5) is 4.39 Å². The summed E-state index contributed by atoms with van der Waals surface area (Å²) in [5, 5.41) is 3.38. The Morgan fingerprint density at radius 1 is 1.19 bits per heavy atom. The predicted molar refractivity (Wildman–Crippen MR) is 81.8 cm³/mol. The summed E-state index contributed by atoms with van der Waals surface area (Å²) in [5.41, 5.74) is 5.05. The third-order valence-electron chi connectivity index (χ3n) is 3.85. The van der Waals surface area contributed by atoms with Crippen molar-refractivity contribution in [3.05, 3.63) is 46.9 Å². The zero-order valence-corrected chi connectivity index (χ0v) is 12.5. The third kappa shape index (κ3) is 2.81. The van der Waals surface area contributed by atoms with Crippen LogP contribution in [0.5, 0.6) is 0 Å². The quantitative estimate of drug-likeness (QED) is 0.939. The number of hydrogen-bond acceptors (Lipinski definition) is 3. The molecule has 0 saturated heterocycles. The highest BCUT2D eigenvalue weighted by atomic mass is 19.1. The molecule has 21 heavy (non-hydrogen) atoms. The fourth-order valence-corrected chi connectivity index (χ4v) is 2.61. The average molecular weight is 285 g/mol. The van der Waals surface area contributed by atoms with E-state index in [1.807, 2.05) is 24.3 Å². The Kier molecular flexibility index (Phi) is 3.97. The van der Waals surface area contributed by atoms with Gasteiger partial charge < -0.3 is 5.32 Å². The summed E-state index contributed by atoms with van der Waals surface area (Å²) in [6, 6.07) is 7.57. The molecule has 2 heterocycles. The minimum absolute atomic E-state index is 0.300. The van der Waals surface area contributed by atoms with Crippen molar-refractivity contribution < 1.29 is 4.39 Å². The Bertz CT molecular complexity index is 635. The molecule has 0 amide bonds. The van der Waals surface area contributed by atoms with E-state index in [-0.39, 0.29) is 0 Å². The second-order valence-electron chi connectivity index (χ2n) is 5.77. The van der Waals surface area contributed by atoms with Crippen LogP contribution < -0.4 is 5.32 Å². The molecule has 0 radical (unpaired) electrons. The van der Waals surface area contributed by atoms with Gasteiger partial charge in [-0.3, -0.25) is 0 Å². The number of fused-ring (bicyclic) bond motifs is 1. The van der Waals surface area contributed by atoms with Crippen molar-refractivity contribution in [2.45, 2.75) is 39.4 Å².